The van der Waals surface area contributed by atoms with E-state index in [1.807, 2.05) is 0 Å². The SMILES string of the molecule is CN(C)CC1CCOC1(c1ccccc1)c1ccccc1.O=C(O)/C=C/C(=O)O. The van der Waals surface area contributed by atoms with Crippen LogP contribution < -0.4 is 0 Å². The van der Waals surface area contributed by atoms with Crippen molar-refractivity contribution in [3.05, 3.63) is 83.9 Å². The Kier molecular flexibility index (Phi) is 8.12. The van der Waals surface area contributed by atoms with Crippen molar-refractivity contribution in [2.75, 3.05) is 27.2 Å². The Balaban J connectivity index is 0.000000321. The Labute approximate surface area is 171 Å². The Morgan fingerprint density at radius 2 is 1.41 bits per heavy atom. The van der Waals surface area contributed by atoms with Crippen LogP contribution in [0.3, 0.4) is 0 Å². The second-order valence-electron chi connectivity index (χ2n) is 7.07. The van der Waals surface area contributed by atoms with E-state index in [2.05, 4.69) is 79.7 Å². The minimum Gasteiger partial charge on any atom is -0.478 e. The molecule has 0 radical (unpaired) electrons. The molecule has 0 aliphatic carbocycles. The summed E-state index contributed by atoms with van der Waals surface area (Å²) in [5.41, 5.74) is 2.22. The van der Waals surface area contributed by atoms with Crippen LogP contribution in [0.2, 0.25) is 0 Å². The highest BCUT2D eigenvalue weighted by atomic mass is 16.5. The molecular weight excluding hydrogens is 370 g/mol. The van der Waals surface area contributed by atoms with E-state index in [1.54, 1.807) is 0 Å². The molecule has 1 atom stereocenters. The Bertz CT molecular complexity index is 762. The number of carboxylic acids is 2. The number of ether oxygens (including phenoxy) is 1. The summed E-state index contributed by atoms with van der Waals surface area (Å²) in [6.07, 6.45) is 2.21. The van der Waals surface area contributed by atoms with Gasteiger partial charge in [-0.2, -0.15) is 0 Å². The minimum absolute atomic E-state index is 0.313. The standard InChI is InChI=1S/C19H23NO.C4H4O4/c1-20(2)15-18-13-14-21-19(18,16-9-5-3-6-10-16)17-11-7-4-8-12-17;5-3(6)1-2-4(7)8/h3-12,18H,13-15H2,1-2H3;1-2H,(H,5,6)(H,7,8)/b;2-1+. The first kappa shape index (κ1) is 22.3. The smallest absolute Gasteiger partial charge is 0.328 e. The lowest BCUT2D eigenvalue weighted by Crippen LogP contribution is -2.39. The predicted octanol–water partition coefficient (Wildman–Crippen LogP) is 3.24. The molecule has 3 rings (SSSR count). The molecule has 29 heavy (non-hydrogen) atoms. The van der Waals surface area contributed by atoms with E-state index in [-0.39, 0.29) is 5.60 Å². The maximum atomic E-state index is 9.55. The number of hydrogen-bond donors (Lipinski definition) is 2. The highest BCUT2D eigenvalue weighted by molar-refractivity contribution is 5.89. The van der Waals surface area contributed by atoms with Crippen molar-refractivity contribution in [1.82, 2.24) is 4.90 Å². The largest absolute Gasteiger partial charge is 0.478 e. The zero-order valence-corrected chi connectivity index (χ0v) is 16.7. The van der Waals surface area contributed by atoms with Gasteiger partial charge in [0.15, 0.2) is 0 Å². The molecule has 0 bridgehead atoms. The topological polar surface area (TPSA) is 87.1 Å². The lowest BCUT2D eigenvalue weighted by Gasteiger charge is -2.37. The molecule has 1 aliphatic rings. The van der Waals surface area contributed by atoms with Crippen LogP contribution in [-0.4, -0.2) is 54.3 Å². The van der Waals surface area contributed by atoms with E-state index in [4.69, 9.17) is 14.9 Å². The van der Waals surface area contributed by atoms with Gasteiger partial charge in [0.1, 0.15) is 5.60 Å². The van der Waals surface area contributed by atoms with E-state index >= 15 is 0 Å². The van der Waals surface area contributed by atoms with Crippen molar-refractivity contribution in [3.8, 4) is 0 Å². The zero-order valence-electron chi connectivity index (χ0n) is 16.7. The van der Waals surface area contributed by atoms with Crippen molar-refractivity contribution in [2.24, 2.45) is 5.92 Å². The third-order valence-corrected chi connectivity index (χ3v) is 4.73. The highest BCUT2D eigenvalue weighted by Crippen LogP contribution is 2.46. The third kappa shape index (κ3) is 6.01. The fourth-order valence-electron chi connectivity index (χ4n) is 3.66. The monoisotopic (exact) mass is 397 g/mol. The number of hydrogen-bond acceptors (Lipinski definition) is 4. The fourth-order valence-corrected chi connectivity index (χ4v) is 3.66. The molecule has 154 valence electrons. The summed E-state index contributed by atoms with van der Waals surface area (Å²) in [7, 11) is 4.28. The van der Waals surface area contributed by atoms with E-state index in [0.717, 1.165) is 19.6 Å². The molecule has 0 amide bonds. The number of aliphatic carboxylic acids is 2. The van der Waals surface area contributed by atoms with Gasteiger partial charge in [-0.25, -0.2) is 9.59 Å². The number of carboxylic acid groups (broad SMARTS) is 2. The second kappa shape index (κ2) is 10.5. The number of nitrogens with zero attached hydrogens (tertiary/aromatic N) is 1. The summed E-state index contributed by atoms with van der Waals surface area (Å²) < 4.78 is 6.40. The quantitative estimate of drug-likeness (QED) is 0.728. The Morgan fingerprint density at radius 1 is 0.966 bits per heavy atom. The van der Waals surface area contributed by atoms with Crippen LogP contribution in [0.4, 0.5) is 0 Å². The van der Waals surface area contributed by atoms with E-state index in [1.165, 1.54) is 11.1 Å². The van der Waals surface area contributed by atoms with E-state index in [9.17, 15) is 9.59 Å². The molecule has 1 unspecified atom stereocenters. The van der Waals surface area contributed by atoms with Crippen molar-refractivity contribution >= 4 is 11.9 Å². The molecule has 6 heteroatoms. The van der Waals surface area contributed by atoms with E-state index < -0.39 is 11.9 Å². The lowest BCUT2D eigenvalue weighted by atomic mass is 9.76. The van der Waals surface area contributed by atoms with Gasteiger partial charge in [-0.1, -0.05) is 60.7 Å². The van der Waals surface area contributed by atoms with Gasteiger partial charge in [-0.05, 0) is 31.6 Å². The molecule has 0 spiro atoms. The molecule has 0 aromatic heterocycles. The molecule has 1 aliphatic heterocycles. The maximum Gasteiger partial charge on any atom is 0.328 e. The Hall–Kier alpha value is -2.96. The van der Waals surface area contributed by atoms with Gasteiger partial charge in [0.25, 0.3) is 0 Å². The third-order valence-electron chi connectivity index (χ3n) is 4.73. The molecule has 1 heterocycles. The highest BCUT2D eigenvalue weighted by Gasteiger charge is 2.47. The summed E-state index contributed by atoms with van der Waals surface area (Å²) >= 11 is 0. The number of benzene rings is 2. The van der Waals surface area contributed by atoms with Gasteiger partial charge in [0.2, 0.25) is 0 Å². The molecule has 1 fully saturated rings. The van der Waals surface area contributed by atoms with Crippen molar-refractivity contribution in [2.45, 2.75) is 12.0 Å². The first-order chi connectivity index (χ1) is 13.9. The van der Waals surface area contributed by atoms with Crippen molar-refractivity contribution in [1.29, 1.82) is 0 Å². The van der Waals surface area contributed by atoms with Gasteiger partial charge in [-0.15, -0.1) is 0 Å². The molecule has 0 saturated carbocycles. The van der Waals surface area contributed by atoms with E-state index in [0.29, 0.717) is 18.1 Å². The summed E-state index contributed by atoms with van der Waals surface area (Å²) in [6.45, 7) is 1.85. The van der Waals surface area contributed by atoms with Crippen LogP contribution in [0.1, 0.15) is 17.5 Å². The average molecular weight is 397 g/mol. The zero-order chi connectivity index (χ0) is 21.3. The summed E-state index contributed by atoms with van der Waals surface area (Å²) in [4.78, 5) is 21.4. The lowest BCUT2D eigenvalue weighted by molar-refractivity contribution is -0.134. The number of carbonyl (C=O) groups is 2. The summed E-state index contributed by atoms with van der Waals surface area (Å²) in [5.74, 6) is -2.04. The van der Waals surface area contributed by atoms with Crippen LogP contribution in [0, 0.1) is 5.92 Å². The van der Waals surface area contributed by atoms with Gasteiger partial charge < -0.3 is 19.8 Å². The Morgan fingerprint density at radius 3 is 1.79 bits per heavy atom. The summed E-state index contributed by atoms with van der Waals surface area (Å²) in [6, 6.07) is 21.3. The molecule has 2 aromatic rings. The van der Waals surface area contributed by atoms with Crippen LogP contribution in [0.25, 0.3) is 0 Å². The van der Waals surface area contributed by atoms with Gasteiger partial charge >= 0.3 is 11.9 Å². The van der Waals surface area contributed by atoms with Gasteiger partial charge in [-0.3, -0.25) is 0 Å². The first-order valence-corrected chi connectivity index (χ1v) is 9.40. The van der Waals surface area contributed by atoms with Crippen molar-refractivity contribution in [3.63, 3.8) is 0 Å². The maximum absolute atomic E-state index is 9.55. The molecule has 1 saturated heterocycles. The predicted molar refractivity (Wildman–Crippen MR) is 111 cm³/mol. The summed E-state index contributed by atoms with van der Waals surface area (Å²) in [5, 5.41) is 15.6. The normalized spacial score (nSPS) is 17.7. The molecule has 2 aromatic carbocycles. The minimum atomic E-state index is -1.26. The van der Waals surface area contributed by atoms with Crippen LogP contribution in [0.15, 0.2) is 72.8 Å². The van der Waals surface area contributed by atoms with Crippen LogP contribution >= 0.6 is 0 Å². The fraction of sp³-hybridized carbons (Fsp3) is 0.304. The molecule has 2 N–H and O–H groups in total. The van der Waals surface area contributed by atoms with Crippen LogP contribution in [0.5, 0.6) is 0 Å². The second-order valence-corrected chi connectivity index (χ2v) is 7.07. The van der Waals surface area contributed by atoms with Crippen molar-refractivity contribution < 1.29 is 24.5 Å². The number of rotatable bonds is 6. The average Bonchev–Trinajstić information content (AvgIpc) is 3.12. The molecular formula is C23H27NO5. The van der Waals surface area contributed by atoms with Crippen LogP contribution in [-0.2, 0) is 19.9 Å². The van der Waals surface area contributed by atoms with Gasteiger partial charge in [0, 0.05) is 31.2 Å². The first-order valence-electron chi connectivity index (χ1n) is 9.40. The molecule has 6 nitrogen and oxygen atoms in total. The van der Waals surface area contributed by atoms with Gasteiger partial charge in [0.05, 0.1) is 0 Å².